The highest BCUT2D eigenvalue weighted by atomic mass is 79.9. The molecule has 0 bridgehead atoms. The number of nitrogens with one attached hydrogen (secondary N) is 2. The molecule has 1 rings (SSSR count). The molecule has 0 atom stereocenters. The molecule has 1 aromatic rings. The first-order valence-electron chi connectivity index (χ1n) is 5.30. The predicted octanol–water partition coefficient (Wildman–Crippen LogP) is 0.205. The van der Waals surface area contributed by atoms with Gasteiger partial charge in [-0.3, -0.25) is 4.79 Å². The molecule has 17 heavy (non-hydrogen) atoms. The normalized spacial score (nSPS) is 10.5. The summed E-state index contributed by atoms with van der Waals surface area (Å²) in [7, 11) is 3.57. The molecule has 6 nitrogen and oxygen atoms in total. The lowest BCUT2D eigenvalue weighted by molar-refractivity contribution is 0.200. The summed E-state index contributed by atoms with van der Waals surface area (Å²) in [4.78, 5) is 19.9. The maximum absolute atomic E-state index is 11.4. The van der Waals surface area contributed by atoms with Crippen LogP contribution >= 0.6 is 15.9 Å². The van der Waals surface area contributed by atoms with Crippen molar-refractivity contribution >= 4 is 21.7 Å². The van der Waals surface area contributed by atoms with Gasteiger partial charge >= 0.3 is 0 Å². The summed E-state index contributed by atoms with van der Waals surface area (Å²) < 4.78 is 5.38. The third-order valence-electron chi connectivity index (χ3n) is 2.25. The van der Waals surface area contributed by atoms with E-state index < -0.39 is 0 Å². The molecule has 0 aliphatic heterocycles. The Labute approximate surface area is 109 Å². The van der Waals surface area contributed by atoms with Gasteiger partial charge < -0.3 is 19.9 Å². The lowest BCUT2D eigenvalue weighted by Gasteiger charge is -2.18. The van der Waals surface area contributed by atoms with Gasteiger partial charge in [0.2, 0.25) is 0 Å². The molecule has 0 saturated carbocycles. The van der Waals surface area contributed by atoms with Crippen molar-refractivity contribution in [3.05, 3.63) is 21.2 Å². The van der Waals surface area contributed by atoms with Crippen LogP contribution < -0.4 is 15.8 Å². The third kappa shape index (κ3) is 4.45. The molecule has 0 radical (unpaired) electrons. The van der Waals surface area contributed by atoms with Crippen molar-refractivity contribution in [1.82, 2.24) is 15.3 Å². The zero-order valence-electron chi connectivity index (χ0n) is 9.99. The number of likely N-dealkylation sites (N-methyl/N-ethyl adjacent to an activating group) is 1. The first-order valence-corrected chi connectivity index (χ1v) is 6.10. The van der Waals surface area contributed by atoms with Gasteiger partial charge in [-0.25, -0.2) is 4.98 Å². The van der Waals surface area contributed by atoms with Crippen molar-refractivity contribution in [2.45, 2.75) is 0 Å². The Morgan fingerprint density at radius 2 is 2.35 bits per heavy atom. The summed E-state index contributed by atoms with van der Waals surface area (Å²) in [6, 6.07) is 0. The quantitative estimate of drug-likeness (QED) is 0.705. The second kappa shape index (κ2) is 7.41. The first-order chi connectivity index (χ1) is 8.16. The van der Waals surface area contributed by atoms with Crippen molar-refractivity contribution in [3.8, 4) is 0 Å². The molecular weight excluding hydrogens is 288 g/mol. The Balaban J connectivity index is 2.44. The van der Waals surface area contributed by atoms with Crippen molar-refractivity contribution in [2.24, 2.45) is 0 Å². The molecule has 0 unspecified atom stereocenters. The maximum atomic E-state index is 11.4. The number of nitrogens with zero attached hydrogens (tertiary/aromatic N) is 2. The van der Waals surface area contributed by atoms with Crippen LogP contribution in [-0.2, 0) is 4.74 Å². The fourth-order valence-corrected chi connectivity index (χ4v) is 1.81. The summed E-state index contributed by atoms with van der Waals surface area (Å²) in [5.74, 6) is 0.641. The average Bonchev–Trinajstić information content (AvgIpc) is 2.32. The molecule has 0 aliphatic carbocycles. The van der Waals surface area contributed by atoms with Crippen LogP contribution in [0.2, 0.25) is 0 Å². The minimum absolute atomic E-state index is 0.172. The van der Waals surface area contributed by atoms with Crippen molar-refractivity contribution < 1.29 is 4.74 Å². The average molecular weight is 305 g/mol. The number of anilines is 1. The number of rotatable bonds is 7. The van der Waals surface area contributed by atoms with Crippen LogP contribution in [0.5, 0.6) is 0 Å². The van der Waals surface area contributed by atoms with E-state index in [1.165, 1.54) is 6.33 Å². The molecule has 1 aromatic heterocycles. The predicted molar refractivity (Wildman–Crippen MR) is 70.6 cm³/mol. The second-order valence-electron chi connectivity index (χ2n) is 3.53. The van der Waals surface area contributed by atoms with Gasteiger partial charge in [0.05, 0.1) is 12.9 Å². The fraction of sp³-hybridized carbons (Fsp3) is 0.600. The molecular formula is C10H17BrN4O2. The van der Waals surface area contributed by atoms with E-state index >= 15 is 0 Å². The minimum atomic E-state index is -0.172. The van der Waals surface area contributed by atoms with E-state index in [4.69, 9.17) is 4.74 Å². The Morgan fingerprint density at radius 3 is 3.06 bits per heavy atom. The lowest BCUT2D eigenvalue weighted by atomic mass is 10.4. The number of methoxy groups -OCH3 is 1. The maximum Gasteiger partial charge on any atom is 0.267 e. The number of hydrogen-bond acceptors (Lipinski definition) is 5. The summed E-state index contributed by atoms with van der Waals surface area (Å²) in [5, 5.41) is 3.23. The van der Waals surface area contributed by atoms with Crippen molar-refractivity contribution in [1.29, 1.82) is 0 Å². The van der Waals surface area contributed by atoms with E-state index in [1.54, 1.807) is 7.11 Å². The lowest BCUT2D eigenvalue weighted by Crippen LogP contribution is -2.32. The second-order valence-corrected chi connectivity index (χ2v) is 4.33. The fourth-order valence-electron chi connectivity index (χ4n) is 1.29. The standard InChI is InChI=1S/C10H17BrN4O2/c1-15(5-3-12-4-6-17-2)9-8(11)10(16)14-7-13-9/h7,12H,3-6H2,1-2H3,(H,13,14,16). The summed E-state index contributed by atoms with van der Waals surface area (Å²) in [6.07, 6.45) is 1.40. The monoisotopic (exact) mass is 304 g/mol. The number of aromatic amines is 1. The van der Waals surface area contributed by atoms with Gasteiger partial charge in [-0.05, 0) is 15.9 Å². The molecule has 96 valence electrons. The Bertz CT molecular complexity index is 396. The SMILES string of the molecule is COCCNCCN(C)c1nc[nH]c(=O)c1Br. The van der Waals surface area contributed by atoms with Crippen LogP contribution in [0.25, 0.3) is 0 Å². The Hall–Kier alpha value is -0.920. The van der Waals surface area contributed by atoms with Gasteiger partial charge in [0.1, 0.15) is 10.3 Å². The molecule has 0 amide bonds. The highest BCUT2D eigenvalue weighted by Crippen LogP contribution is 2.16. The van der Waals surface area contributed by atoms with Crippen LogP contribution in [0.1, 0.15) is 0 Å². The van der Waals surface area contributed by atoms with Gasteiger partial charge in [-0.2, -0.15) is 0 Å². The topological polar surface area (TPSA) is 70.2 Å². The van der Waals surface area contributed by atoms with E-state index in [0.29, 0.717) is 16.9 Å². The van der Waals surface area contributed by atoms with Gasteiger partial charge in [-0.1, -0.05) is 0 Å². The molecule has 0 aliphatic rings. The highest BCUT2D eigenvalue weighted by molar-refractivity contribution is 9.10. The molecule has 0 aromatic carbocycles. The van der Waals surface area contributed by atoms with E-state index in [9.17, 15) is 4.79 Å². The number of H-pyrrole nitrogens is 1. The van der Waals surface area contributed by atoms with Crippen molar-refractivity contribution in [3.63, 3.8) is 0 Å². The highest BCUT2D eigenvalue weighted by Gasteiger charge is 2.09. The smallest absolute Gasteiger partial charge is 0.267 e. The van der Waals surface area contributed by atoms with Crippen LogP contribution in [0.15, 0.2) is 15.6 Å². The zero-order valence-corrected chi connectivity index (χ0v) is 11.6. The molecule has 0 fully saturated rings. The van der Waals surface area contributed by atoms with E-state index in [-0.39, 0.29) is 5.56 Å². The molecule has 7 heteroatoms. The Morgan fingerprint density at radius 1 is 1.59 bits per heavy atom. The van der Waals surface area contributed by atoms with E-state index in [2.05, 4.69) is 31.2 Å². The minimum Gasteiger partial charge on any atom is -0.383 e. The van der Waals surface area contributed by atoms with Gasteiger partial charge in [0.15, 0.2) is 0 Å². The molecule has 2 N–H and O–H groups in total. The summed E-state index contributed by atoms with van der Waals surface area (Å²) in [6.45, 7) is 3.07. The van der Waals surface area contributed by atoms with Crippen LogP contribution in [0, 0.1) is 0 Å². The summed E-state index contributed by atoms with van der Waals surface area (Å²) in [5.41, 5.74) is -0.172. The van der Waals surface area contributed by atoms with Crippen LogP contribution in [-0.4, -0.2) is 50.4 Å². The van der Waals surface area contributed by atoms with E-state index in [0.717, 1.165) is 19.6 Å². The number of aromatic nitrogens is 2. The molecule has 1 heterocycles. The number of halogens is 1. The van der Waals surface area contributed by atoms with E-state index in [1.807, 2.05) is 11.9 Å². The van der Waals surface area contributed by atoms with Crippen LogP contribution in [0.3, 0.4) is 0 Å². The Kier molecular flexibility index (Phi) is 6.17. The van der Waals surface area contributed by atoms with Gasteiger partial charge in [0, 0.05) is 33.8 Å². The van der Waals surface area contributed by atoms with Crippen LogP contribution in [0.4, 0.5) is 5.82 Å². The zero-order chi connectivity index (χ0) is 12.7. The van der Waals surface area contributed by atoms with Gasteiger partial charge in [0.25, 0.3) is 5.56 Å². The van der Waals surface area contributed by atoms with Crippen molar-refractivity contribution in [2.75, 3.05) is 45.3 Å². The largest absolute Gasteiger partial charge is 0.383 e. The molecule has 0 saturated heterocycles. The first kappa shape index (κ1) is 14.1. The number of ether oxygens (including phenoxy) is 1. The molecule has 0 spiro atoms. The number of hydrogen-bond donors (Lipinski definition) is 2. The van der Waals surface area contributed by atoms with Gasteiger partial charge in [-0.15, -0.1) is 0 Å². The summed E-state index contributed by atoms with van der Waals surface area (Å²) >= 11 is 3.23. The third-order valence-corrected chi connectivity index (χ3v) is 2.96.